The molecule has 0 saturated carbocycles. The number of anilines is 1. The highest BCUT2D eigenvalue weighted by atomic mass is 35.5. The normalized spacial score (nSPS) is 10.4. The van der Waals surface area contributed by atoms with E-state index in [0.717, 1.165) is 34.4 Å². The minimum atomic E-state index is 0.249. The molecule has 0 unspecified atom stereocenters. The van der Waals surface area contributed by atoms with Crippen LogP contribution in [-0.4, -0.2) is 4.98 Å². The van der Waals surface area contributed by atoms with Gasteiger partial charge in [-0.25, -0.2) is 4.98 Å². The Hall–Kier alpha value is -2.83. The van der Waals surface area contributed by atoms with Crippen molar-refractivity contribution in [2.75, 3.05) is 5.73 Å². The number of hydrogen-bond donors (Lipinski definition) is 1. The molecule has 2 N–H and O–H groups in total. The molecule has 0 aliphatic carbocycles. The molecule has 3 rings (SSSR count). The molecule has 0 saturated heterocycles. The van der Waals surface area contributed by atoms with Gasteiger partial charge in [-0.3, -0.25) is 0 Å². The van der Waals surface area contributed by atoms with Gasteiger partial charge in [0.1, 0.15) is 17.5 Å². The summed E-state index contributed by atoms with van der Waals surface area (Å²) in [4.78, 5) is 4.52. The first kappa shape index (κ1) is 16.0. The zero-order valence-corrected chi connectivity index (χ0v) is 14.0. The van der Waals surface area contributed by atoms with Crippen LogP contribution in [0.5, 0.6) is 0 Å². The van der Waals surface area contributed by atoms with E-state index in [4.69, 9.17) is 17.3 Å². The van der Waals surface area contributed by atoms with Gasteiger partial charge in [0.25, 0.3) is 0 Å². The molecule has 0 spiro atoms. The van der Waals surface area contributed by atoms with Crippen LogP contribution in [0.4, 0.5) is 5.82 Å². The van der Waals surface area contributed by atoms with Crippen LogP contribution in [0.25, 0.3) is 22.4 Å². The lowest BCUT2D eigenvalue weighted by molar-refractivity contribution is 1.11. The Balaban J connectivity index is 2.36. The van der Waals surface area contributed by atoms with Gasteiger partial charge < -0.3 is 5.73 Å². The smallest absolute Gasteiger partial charge is 0.142 e. The zero-order chi connectivity index (χ0) is 17.1. The van der Waals surface area contributed by atoms with E-state index in [1.807, 2.05) is 54.6 Å². The van der Waals surface area contributed by atoms with Gasteiger partial charge in [-0.15, -0.1) is 0 Å². The van der Waals surface area contributed by atoms with Crippen LogP contribution in [0.2, 0.25) is 5.02 Å². The zero-order valence-electron chi connectivity index (χ0n) is 13.3. The monoisotopic (exact) mass is 333 g/mol. The van der Waals surface area contributed by atoms with Crippen LogP contribution >= 0.6 is 11.6 Å². The molecule has 1 heterocycles. The molecule has 0 fully saturated rings. The second-order valence-corrected chi connectivity index (χ2v) is 5.85. The highest BCUT2D eigenvalue weighted by molar-refractivity contribution is 6.30. The summed E-state index contributed by atoms with van der Waals surface area (Å²) < 4.78 is 0. The van der Waals surface area contributed by atoms with Gasteiger partial charge in [-0.05, 0) is 29.7 Å². The van der Waals surface area contributed by atoms with Crippen LogP contribution in [-0.2, 0) is 6.42 Å². The molecule has 24 heavy (non-hydrogen) atoms. The maximum Gasteiger partial charge on any atom is 0.142 e. The van der Waals surface area contributed by atoms with Gasteiger partial charge in [0.2, 0.25) is 0 Å². The van der Waals surface area contributed by atoms with E-state index in [1.54, 1.807) is 0 Å². The summed E-state index contributed by atoms with van der Waals surface area (Å²) in [5.41, 5.74) is 11.1. The Labute approximate surface area is 146 Å². The average Bonchev–Trinajstić information content (AvgIpc) is 2.62. The fraction of sp³-hybridized carbons (Fsp3) is 0.100. The minimum absolute atomic E-state index is 0.249. The second kappa shape index (κ2) is 6.74. The van der Waals surface area contributed by atoms with E-state index in [1.165, 1.54) is 0 Å². The standard InChI is InChI=1S/C20H16ClN3/c1-2-16-18(13-8-10-15(21)11-9-13)17(12-22)20(23)24-19(16)14-6-4-3-5-7-14/h3-11H,2H2,1H3,(H2,23,24). The quantitative estimate of drug-likeness (QED) is 0.726. The van der Waals surface area contributed by atoms with Crippen LogP contribution in [0.15, 0.2) is 54.6 Å². The Morgan fingerprint density at radius 1 is 1.04 bits per heavy atom. The lowest BCUT2D eigenvalue weighted by Crippen LogP contribution is -2.05. The van der Waals surface area contributed by atoms with Crippen molar-refractivity contribution < 1.29 is 0 Å². The largest absolute Gasteiger partial charge is 0.383 e. The number of halogens is 1. The molecule has 1 aromatic heterocycles. The van der Waals surface area contributed by atoms with Crippen molar-refractivity contribution in [1.29, 1.82) is 5.26 Å². The fourth-order valence-corrected chi connectivity index (χ4v) is 2.99. The Morgan fingerprint density at radius 3 is 2.29 bits per heavy atom. The molecule has 2 aromatic carbocycles. The van der Waals surface area contributed by atoms with E-state index in [0.29, 0.717) is 10.6 Å². The molecule has 0 bridgehead atoms. The Morgan fingerprint density at radius 2 is 1.71 bits per heavy atom. The van der Waals surface area contributed by atoms with Crippen molar-refractivity contribution in [1.82, 2.24) is 4.98 Å². The van der Waals surface area contributed by atoms with E-state index >= 15 is 0 Å². The first-order valence-corrected chi connectivity index (χ1v) is 8.07. The van der Waals surface area contributed by atoms with Crippen LogP contribution in [0, 0.1) is 11.3 Å². The van der Waals surface area contributed by atoms with Crippen molar-refractivity contribution in [2.45, 2.75) is 13.3 Å². The number of nitrogens with two attached hydrogens (primary N) is 1. The van der Waals surface area contributed by atoms with Crippen LogP contribution in [0.1, 0.15) is 18.1 Å². The predicted molar refractivity (Wildman–Crippen MR) is 98.6 cm³/mol. The maximum atomic E-state index is 9.60. The summed E-state index contributed by atoms with van der Waals surface area (Å²) >= 11 is 6.00. The summed E-state index contributed by atoms with van der Waals surface area (Å²) in [5, 5.41) is 10.3. The van der Waals surface area contributed by atoms with Crippen molar-refractivity contribution in [2.24, 2.45) is 0 Å². The van der Waals surface area contributed by atoms with Crippen LogP contribution in [0.3, 0.4) is 0 Å². The molecule has 4 heteroatoms. The SMILES string of the molecule is CCc1c(-c2ccccc2)nc(N)c(C#N)c1-c1ccc(Cl)cc1. The van der Waals surface area contributed by atoms with Gasteiger partial charge in [-0.2, -0.15) is 5.26 Å². The molecule has 0 radical (unpaired) electrons. The van der Waals surface area contributed by atoms with E-state index in [-0.39, 0.29) is 5.82 Å². The van der Waals surface area contributed by atoms with Gasteiger partial charge in [0, 0.05) is 16.1 Å². The first-order chi connectivity index (χ1) is 11.7. The number of nitriles is 1. The van der Waals surface area contributed by atoms with Crippen molar-refractivity contribution >= 4 is 17.4 Å². The average molecular weight is 334 g/mol. The highest BCUT2D eigenvalue weighted by Gasteiger charge is 2.19. The molecule has 0 atom stereocenters. The number of benzene rings is 2. The lowest BCUT2D eigenvalue weighted by atomic mass is 9.90. The molecule has 3 nitrogen and oxygen atoms in total. The van der Waals surface area contributed by atoms with Crippen molar-refractivity contribution in [3.05, 3.63) is 70.7 Å². The summed E-state index contributed by atoms with van der Waals surface area (Å²) in [6.07, 6.45) is 0.740. The third-order valence-electron chi connectivity index (χ3n) is 3.97. The molecular formula is C20H16ClN3. The van der Waals surface area contributed by atoms with Crippen LogP contribution < -0.4 is 5.73 Å². The summed E-state index contributed by atoms with van der Waals surface area (Å²) in [5.74, 6) is 0.249. The summed E-state index contributed by atoms with van der Waals surface area (Å²) in [6.45, 7) is 2.06. The Kier molecular flexibility index (Phi) is 4.50. The molecule has 118 valence electrons. The molecule has 0 aliphatic rings. The maximum absolute atomic E-state index is 9.60. The third kappa shape index (κ3) is 2.84. The lowest BCUT2D eigenvalue weighted by Gasteiger charge is -2.17. The fourth-order valence-electron chi connectivity index (χ4n) is 2.87. The molecular weight excluding hydrogens is 318 g/mol. The molecule has 0 amide bonds. The van der Waals surface area contributed by atoms with Gasteiger partial charge in [-0.1, -0.05) is 61.0 Å². The van der Waals surface area contributed by atoms with E-state index < -0.39 is 0 Å². The summed E-state index contributed by atoms with van der Waals surface area (Å²) in [7, 11) is 0. The third-order valence-corrected chi connectivity index (χ3v) is 4.22. The number of aromatic nitrogens is 1. The second-order valence-electron chi connectivity index (χ2n) is 5.41. The van der Waals surface area contributed by atoms with E-state index in [2.05, 4.69) is 18.0 Å². The topological polar surface area (TPSA) is 62.7 Å². The molecule has 0 aliphatic heterocycles. The van der Waals surface area contributed by atoms with Gasteiger partial charge >= 0.3 is 0 Å². The van der Waals surface area contributed by atoms with Crippen molar-refractivity contribution in [3.63, 3.8) is 0 Å². The number of hydrogen-bond acceptors (Lipinski definition) is 3. The number of pyridine rings is 1. The number of nitrogen functional groups attached to an aromatic ring is 1. The number of nitrogens with zero attached hydrogens (tertiary/aromatic N) is 2. The van der Waals surface area contributed by atoms with E-state index in [9.17, 15) is 5.26 Å². The predicted octanol–water partition coefficient (Wildman–Crippen LogP) is 5.09. The highest BCUT2D eigenvalue weighted by Crippen LogP contribution is 2.36. The van der Waals surface area contributed by atoms with Gasteiger partial charge in [0.15, 0.2) is 0 Å². The number of rotatable bonds is 3. The van der Waals surface area contributed by atoms with Gasteiger partial charge in [0.05, 0.1) is 5.69 Å². The Bertz CT molecular complexity index is 910. The van der Waals surface area contributed by atoms with Crippen molar-refractivity contribution in [3.8, 4) is 28.5 Å². The molecule has 3 aromatic rings. The first-order valence-electron chi connectivity index (χ1n) is 7.69. The minimum Gasteiger partial charge on any atom is -0.383 e. The summed E-state index contributed by atoms with van der Waals surface area (Å²) in [6, 6.07) is 19.5.